The second-order valence-electron chi connectivity index (χ2n) is 4.11. The van der Waals surface area contributed by atoms with Crippen molar-refractivity contribution in [1.29, 1.82) is 0 Å². The Morgan fingerprint density at radius 1 is 1.17 bits per heavy atom. The molecule has 0 bridgehead atoms. The molecule has 0 spiro atoms. The smallest absolute Gasteiger partial charge is 0.241 e. The lowest BCUT2D eigenvalue weighted by atomic mass is 10.2. The topological polar surface area (TPSA) is 86.8 Å². The molecule has 6 heteroatoms. The second kappa shape index (κ2) is 4.95. The normalized spacial score (nSPS) is 10.7. The Bertz CT molecular complexity index is 556. The minimum atomic E-state index is 0.190. The number of nitrogen functional groups attached to an aromatic ring is 1. The van der Waals surface area contributed by atoms with Crippen LogP contribution in [0.1, 0.15) is 25.6 Å². The molecule has 94 valence electrons. The lowest BCUT2D eigenvalue weighted by molar-refractivity contribution is 0.397. The van der Waals surface area contributed by atoms with E-state index in [9.17, 15) is 0 Å². The Labute approximate surface area is 105 Å². The van der Waals surface area contributed by atoms with Crippen LogP contribution in [0.3, 0.4) is 0 Å². The molecule has 2 aromatic heterocycles. The third kappa shape index (κ3) is 2.37. The maximum absolute atomic E-state index is 5.79. The molecule has 0 radical (unpaired) electrons. The summed E-state index contributed by atoms with van der Waals surface area (Å²) in [4.78, 5) is 17.0. The van der Waals surface area contributed by atoms with Crippen LogP contribution in [-0.4, -0.2) is 27.0 Å². The molecule has 0 amide bonds. The number of nitrogens with two attached hydrogens (primary N) is 1. The fourth-order valence-electron chi connectivity index (χ4n) is 1.52. The number of ether oxygens (including phenoxy) is 1. The van der Waals surface area contributed by atoms with E-state index in [4.69, 9.17) is 10.5 Å². The van der Waals surface area contributed by atoms with E-state index in [2.05, 4.69) is 19.9 Å². The highest BCUT2D eigenvalue weighted by molar-refractivity contribution is 5.62. The Kier molecular flexibility index (Phi) is 3.36. The number of rotatable bonds is 3. The first-order valence-corrected chi connectivity index (χ1v) is 5.61. The molecule has 0 aliphatic heterocycles. The predicted octanol–water partition coefficient (Wildman–Crippen LogP) is 1.65. The Morgan fingerprint density at radius 3 is 2.56 bits per heavy atom. The first-order chi connectivity index (χ1) is 8.61. The number of aromatic nitrogens is 4. The molecular formula is C12H15N5O. The highest BCUT2D eigenvalue weighted by Gasteiger charge is 2.13. The van der Waals surface area contributed by atoms with Gasteiger partial charge >= 0.3 is 0 Å². The van der Waals surface area contributed by atoms with E-state index in [1.807, 2.05) is 13.8 Å². The van der Waals surface area contributed by atoms with Gasteiger partial charge in [0.2, 0.25) is 5.88 Å². The van der Waals surface area contributed by atoms with Crippen LogP contribution >= 0.6 is 0 Å². The van der Waals surface area contributed by atoms with Crippen molar-refractivity contribution < 1.29 is 4.74 Å². The molecule has 2 rings (SSSR count). The SMILES string of the molecule is COc1nccnc1-c1cc(N)nc(C(C)C)n1. The van der Waals surface area contributed by atoms with Crippen molar-refractivity contribution in [2.75, 3.05) is 12.8 Å². The van der Waals surface area contributed by atoms with E-state index in [1.54, 1.807) is 25.6 Å². The van der Waals surface area contributed by atoms with Crippen LogP contribution in [0.25, 0.3) is 11.4 Å². The molecule has 2 aromatic rings. The van der Waals surface area contributed by atoms with Crippen molar-refractivity contribution in [2.24, 2.45) is 0 Å². The number of anilines is 1. The maximum Gasteiger partial charge on any atom is 0.241 e. The zero-order chi connectivity index (χ0) is 13.1. The average Bonchev–Trinajstić information content (AvgIpc) is 2.38. The molecule has 0 saturated carbocycles. The van der Waals surface area contributed by atoms with Crippen LogP contribution in [-0.2, 0) is 0 Å². The summed E-state index contributed by atoms with van der Waals surface area (Å²) in [7, 11) is 1.54. The molecule has 0 aliphatic carbocycles. The number of hydrogen-bond donors (Lipinski definition) is 1. The predicted molar refractivity (Wildman–Crippen MR) is 68.1 cm³/mol. The van der Waals surface area contributed by atoms with Gasteiger partial charge in [0.25, 0.3) is 0 Å². The van der Waals surface area contributed by atoms with Gasteiger partial charge in [-0.1, -0.05) is 13.8 Å². The molecule has 2 heterocycles. The largest absolute Gasteiger partial charge is 0.479 e. The first kappa shape index (κ1) is 12.2. The van der Waals surface area contributed by atoms with Gasteiger partial charge in [-0.05, 0) is 0 Å². The summed E-state index contributed by atoms with van der Waals surface area (Å²) in [5.41, 5.74) is 6.97. The fraction of sp³-hybridized carbons (Fsp3) is 0.333. The standard InChI is InChI=1S/C12H15N5O/c1-7(2)11-16-8(6-9(13)17-11)10-12(18-3)15-5-4-14-10/h4-7H,1-3H3,(H2,13,16,17). The van der Waals surface area contributed by atoms with Crippen LogP contribution in [0, 0.1) is 0 Å². The van der Waals surface area contributed by atoms with E-state index < -0.39 is 0 Å². The summed E-state index contributed by atoms with van der Waals surface area (Å²) < 4.78 is 5.17. The Morgan fingerprint density at radius 2 is 1.89 bits per heavy atom. The number of nitrogens with zero attached hydrogens (tertiary/aromatic N) is 4. The zero-order valence-corrected chi connectivity index (χ0v) is 10.6. The lowest BCUT2D eigenvalue weighted by Gasteiger charge is -2.09. The molecule has 6 nitrogen and oxygen atoms in total. The summed E-state index contributed by atoms with van der Waals surface area (Å²) in [6, 6.07) is 1.67. The molecule has 0 unspecified atom stereocenters. The van der Waals surface area contributed by atoms with E-state index in [0.29, 0.717) is 28.9 Å². The zero-order valence-electron chi connectivity index (χ0n) is 10.6. The van der Waals surface area contributed by atoms with E-state index >= 15 is 0 Å². The summed E-state index contributed by atoms with van der Waals surface area (Å²) in [6.07, 6.45) is 3.15. The van der Waals surface area contributed by atoms with Crippen molar-refractivity contribution in [3.05, 3.63) is 24.3 Å². The number of hydrogen-bond acceptors (Lipinski definition) is 6. The van der Waals surface area contributed by atoms with Crippen LogP contribution < -0.4 is 10.5 Å². The molecule has 0 fully saturated rings. The van der Waals surface area contributed by atoms with Gasteiger partial charge in [0, 0.05) is 24.4 Å². The van der Waals surface area contributed by atoms with Gasteiger partial charge in [-0.25, -0.2) is 19.9 Å². The number of methoxy groups -OCH3 is 1. The summed E-state index contributed by atoms with van der Waals surface area (Å²) in [5.74, 6) is 1.70. The molecule has 0 atom stereocenters. The van der Waals surface area contributed by atoms with Crippen molar-refractivity contribution in [3.63, 3.8) is 0 Å². The molecular weight excluding hydrogens is 230 g/mol. The molecule has 2 N–H and O–H groups in total. The fourth-order valence-corrected chi connectivity index (χ4v) is 1.52. The van der Waals surface area contributed by atoms with E-state index in [1.165, 1.54) is 0 Å². The lowest BCUT2D eigenvalue weighted by Crippen LogP contribution is -2.04. The van der Waals surface area contributed by atoms with Gasteiger partial charge in [-0.15, -0.1) is 0 Å². The first-order valence-electron chi connectivity index (χ1n) is 5.61. The van der Waals surface area contributed by atoms with Gasteiger partial charge in [0.05, 0.1) is 7.11 Å². The summed E-state index contributed by atoms with van der Waals surface area (Å²) >= 11 is 0. The van der Waals surface area contributed by atoms with Crippen molar-refractivity contribution in [1.82, 2.24) is 19.9 Å². The van der Waals surface area contributed by atoms with Gasteiger partial charge in [0.15, 0.2) is 5.69 Å². The maximum atomic E-state index is 5.79. The van der Waals surface area contributed by atoms with Gasteiger partial charge < -0.3 is 10.5 Å². The van der Waals surface area contributed by atoms with Crippen molar-refractivity contribution >= 4 is 5.82 Å². The van der Waals surface area contributed by atoms with Crippen LogP contribution in [0.2, 0.25) is 0 Å². The van der Waals surface area contributed by atoms with E-state index in [0.717, 1.165) is 0 Å². The van der Waals surface area contributed by atoms with Gasteiger partial charge in [0.1, 0.15) is 17.3 Å². The van der Waals surface area contributed by atoms with Gasteiger partial charge in [-0.3, -0.25) is 0 Å². The molecule has 0 aliphatic rings. The highest BCUT2D eigenvalue weighted by Crippen LogP contribution is 2.25. The highest BCUT2D eigenvalue weighted by atomic mass is 16.5. The molecule has 18 heavy (non-hydrogen) atoms. The van der Waals surface area contributed by atoms with Crippen molar-refractivity contribution in [3.8, 4) is 17.3 Å². The Hall–Kier alpha value is -2.24. The average molecular weight is 245 g/mol. The van der Waals surface area contributed by atoms with Gasteiger partial charge in [-0.2, -0.15) is 0 Å². The molecule has 0 aromatic carbocycles. The van der Waals surface area contributed by atoms with Crippen LogP contribution in [0.4, 0.5) is 5.82 Å². The minimum absolute atomic E-state index is 0.190. The van der Waals surface area contributed by atoms with E-state index in [-0.39, 0.29) is 5.92 Å². The summed E-state index contributed by atoms with van der Waals surface area (Å²) in [5, 5.41) is 0. The van der Waals surface area contributed by atoms with Crippen LogP contribution in [0.15, 0.2) is 18.5 Å². The van der Waals surface area contributed by atoms with Crippen molar-refractivity contribution in [2.45, 2.75) is 19.8 Å². The second-order valence-corrected chi connectivity index (χ2v) is 4.11. The van der Waals surface area contributed by atoms with Crippen LogP contribution in [0.5, 0.6) is 5.88 Å². The quantitative estimate of drug-likeness (QED) is 0.884. The third-order valence-corrected chi connectivity index (χ3v) is 2.38. The summed E-state index contributed by atoms with van der Waals surface area (Å²) in [6.45, 7) is 4.01. The molecule has 0 saturated heterocycles. The third-order valence-electron chi connectivity index (χ3n) is 2.38. The Balaban J connectivity index is 2.56. The monoisotopic (exact) mass is 245 g/mol. The minimum Gasteiger partial charge on any atom is -0.479 e.